The minimum absolute atomic E-state index is 0.810. The zero-order valence-electron chi connectivity index (χ0n) is 31.3. The predicted molar refractivity (Wildman–Crippen MR) is 242 cm³/mol. The maximum absolute atomic E-state index is 5.81. The second-order valence-corrected chi connectivity index (χ2v) is 15.3. The fourth-order valence-electron chi connectivity index (χ4n) is 9.78. The van der Waals surface area contributed by atoms with E-state index >= 15 is 0 Å². The summed E-state index contributed by atoms with van der Waals surface area (Å²) < 4.78 is 4.86. The average Bonchev–Trinajstić information content (AvgIpc) is 3.78. The molecule has 58 heavy (non-hydrogen) atoms. The molecule has 0 aliphatic heterocycles. The van der Waals surface area contributed by atoms with Crippen LogP contribution in [0, 0.1) is 0 Å². The fourth-order valence-corrected chi connectivity index (χ4v) is 9.78. The van der Waals surface area contributed by atoms with Gasteiger partial charge in [0.1, 0.15) is 5.69 Å². The maximum Gasteiger partial charge on any atom is 0.165 e. The summed E-state index contributed by atoms with van der Waals surface area (Å²) in [6.45, 7) is 0. The topological polar surface area (TPSA) is 35.1 Å². The third-order valence-electron chi connectivity index (χ3n) is 12.2. The zero-order valence-corrected chi connectivity index (χ0v) is 31.3. The van der Waals surface area contributed by atoms with Crippen molar-refractivity contribution in [3.8, 4) is 39.3 Å². The lowest BCUT2D eigenvalue weighted by atomic mass is 9.94. The Kier molecular flexibility index (Phi) is 6.41. The Balaban J connectivity index is 1.18. The summed E-state index contributed by atoms with van der Waals surface area (Å²) in [5.41, 5.74) is 14.1. The van der Waals surface area contributed by atoms with E-state index in [1.807, 2.05) is 0 Å². The molecular weight excluding hydrogens is 705 g/mol. The molecule has 0 aliphatic rings. The molecule has 4 nitrogen and oxygen atoms in total. The highest BCUT2D eigenvalue weighted by atomic mass is 15.1. The van der Waals surface area contributed by atoms with Gasteiger partial charge in [-0.25, -0.2) is 9.97 Å². The molecule has 0 radical (unpaired) electrons. The standard InChI is InChI=1S/C54H32N4/c1-3-14-33(15-4-1)36-19-9-20-37(32-36)38-22-10-18-34-30-31-43-52(48(34)38)56-54(51(55-43)35-16-5-2-6-17-35)58-45-27-12-23-40-42-25-11-24-41-39-21-7-8-26-44(39)57(53(41)42)46-28-13-29-47(58)50(46)49(40)45/h1-32H. The van der Waals surface area contributed by atoms with Gasteiger partial charge in [-0.3, -0.25) is 4.57 Å². The van der Waals surface area contributed by atoms with Crippen LogP contribution in [0.1, 0.15) is 0 Å². The van der Waals surface area contributed by atoms with Gasteiger partial charge in [0.2, 0.25) is 0 Å². The first-order chi connectivity index (χ1) is 28.8. The monoisotopic (exact) mass is 736 g/mol. The molecular formula is C54H32N4. The first-order valence-electron chi connectivity index (χ1n) is 19.8. The normalized spacial score (nSPS) is 12.1. The van der Waals surface area contributed by atoms with Gasteiger partial charge in [0, 0.05) is 37.9 Å². The highest BCUT2D eigenvalue weighted by Crippen LogP contribution is 2.45. The van der Waals surface area contributed by atoms with Gasteiger partial charge in [0.15, 0.2) is 5.82 Å². The fraction of sp³-hybridized carbons (Fsp3) is 0. The van der Waals surface area contributed by atoms with E-state index in [0.29, 0.717) is 0 Å². The summed E-state index contributed by atoms with van der Waals surface area (Å²) in [4.78, 5) is 11.4. The van der Waals surface area contributed by atoms with E-state index in [0.717, 1.165) is 61.0 Å². The third-order valence-corrected chi connectivity index (χ3v) is 12.2. The summed E-state index contributed by atoms with van der Waals surface area (Å²) in [6, 6.07) is 69.9. The van der Waals surface area contributed by atoms with Crippen molar-refractivity contribution >= 4 is 81.7 Å². The lowest BCUT2D eigenvalue weighted by Crippen LogP contribution is -2.04. The van der Waals surface area contributed by atoms with E-state index in [9.17, 15) is 0 Å². The van der Waals surface area contributed by atoms with Crippen LogP contribution in [0.3, 0.4) is 0 Å². The van der Waals surface area contributed by atoms with Gasteiger partial charge in [0.05, 0.1) is 38.6 Å². The van der Waals surface area contributed by atoms with Crippen LogP contribution < -0.4 is 0 Å². The highest BCUT2D eigenvalue weighted by molar-refractivity contribution is 6.31. The number of hydrogen-bond donors (Lipinski definition) is 0. The van der Waals surface area contributed by atoms with Crippen molar-refractivity contribution in [3.05, 3.63) is 194 Å². The second kappa shape index (κ2) is 11.8. The molecule has 13 aromatic rings. The molecule has 0 amide bonds. The molecule has 4 aromatic heterocycles. The Bertz CT molecular complexity index is 3780. The van der Waals surface area contributed by atoms with Crippen molar-refractivity contribution in [3.63, 3.8) is 0 Å². The molecule has 0 saturated carbocycles. The smallest absolute Gasteiger partial charge is 0.165 e. The quantitative estimate of drug-likeness (QED) is 0.169. The number of nitrogens with zero attached hydrogens (tertiary/aromatic N) is 4. The Hall–Kier alpha value is -7.82. The van der Waals surface area contributed by atoms with Gasteiger partial charge in [0.25, 0.3) is 0 Å². The number of fused-ring (bicyclic) bond motifs is 8. The molecule has 0 N–H and O–H groups in total. The van der Waals surface area contributed by atoms with Crippen LogP contribution in [-0.2, 0) is 0 Å². The van der Waals surface area contributed by atoms with Crippen LogP contribution in [-0.4, -0.2) is 18.9 Å². The van der Waals surface area contributed by atoms with Crippen LogP contribution in [0.2, 0.25) is 0 Å². The molecule has 268 valence electrons. The van der Waals surface area contributed by atoms with Crippen LogP contribution >= 0.6 is 0 Å². The molecule has 9 aromatic carbocycles. The van der Waals surface area contributed by atoms with E-state index in [-0.39, 0.29) is 0 Å². The first kappa shape index (κ1) is 31.4. The van der Waals surface area contributed by atoms with E-state index in [2.05, 4.69) is 203 Å². The van der Waals surface area contributed by atoms with E-state index in [1.54, 1.807) is 0 Å². The Morgan fingerprint density at radius 3 is 1.83 bits per heavy atom. The van der Waals surface area contributed by atoms with Crippen molar-refractivity contribution in [1.82, 2.24) is 18.9 Å². The molecule has 0 bridgehead atoms. The lowest BCUT2D eigenvalue weighted by molar-refractivity contribution is 1.08. The van der Waals surface area contributed by atoms with Crippen molar-refractivity contribution < 1.29 is 0 Å². The van der Waals surface area contributed by atoms with Gasteiger partial charge in [-0.1, -0.05) is 158 Å². The number of para-hydroxylation sites is 2. The Labute approximate surface area is 332 Å². The summed E-state index contributed by atoms with van der Waals surface area (Å²) in [5.74, 6) is 0.810. The Morgan fingerprint density at radius 2 is 0.966 bits per heavy atom. The Morgan fingerprint density at radius 1 is 0.362 bits per heavy atom. The summed E-state index contributed by atoms with van der Waals surface area (Å²) >= 11 is 0. The number of aromatic nitrogens is 4. The van der Waals surface area contributed by atoms with Crippen LogP contribution in [0.4, 0.5) is 0 Å². The van der Waals surface area contributed by atoms with Crippen LogP contribution in [0.5, 0.6) is 0 Å². The molecule has 0 saturated heterocycles. The zero-order chi connectivity index (χ0) is 37.9. The van der Waals surface area contributed by atoms with Crippen LogP contribution in [0.15, 0.2) is 194 Å². The van der Waals surface area contributed by atoms with Crippen molar-refractivity contribution in [2.75, 3.05) is 0 Å². The van der Waals surface area contributed by atoms with Crippen molar-refractivity contribution in [2.24, 2.45) is 0 Å². The maximum atomic E-state index is 5.81. The summed E-state index contributed by atoms with van der Waals surface area (Å²) in [5, 5.41) is 9.65. The van der Waals surface area contributed by atoms with Crippen LogP contribution in [0.25, 0.3) is 121 Å². The minimum atomic E-state index is 0.810. The largest absolute Gasteiger partial charge is 0.308 e. The molecule has 13 rings (SSSR count). The number of rotatable bonds is 4. The van der Waals surface area contributed by atoms with E-state index in [4.69, 9.17) is 9.97 Å². The molecule has 4 heteroatoms. The average molecular weight is 737 g/mol. The van der Waals surface area contributed by atoms with Gasteiger partial charge in [-0.2, -0.15) is 0 Å². The van der Waals surface area contributed by atoms with Crippen molar-refractivity contribution in [1.29, 1.82) is 0 Å². The third kappa shape index (κ3) is 4.29. The summed E-state index contributed by atoms with van der Waals surface area (Å²) in [7, 11) is 0. The first-order valence-corrected chi connectivity index (χ1v) is 19.8. The van der Waals surface area contributed by atoms with Gasteiger partial charge < -0.3 is 4.40 Å². The number of benzene rings is 9. The molecule has 0 aliphatic carbocycles. The SMILES string of the molecule is c1ccc(-c2cccc(-c3cccc4ccc5nc(-c6ccccc6)c(-n6c7cccc8c9cccc%10c%11ccccc%11n(c%11cccc6c%11c87)c9%10)nc5c34)c2)cc1. The molecule has 0 atom stereocenters. The molecule has 0 unspecified atom stereocenters. The lowest BCUT2D eigenvalue weighted by Gasteiger charge is -2.16. The highest BCUT2D eigenvalue weighted by Gasteiger charge is 2.25. The second-order valence-electron chi connectivity index (χ2n) is 15.3. The molecule has 0 fully saturated rings. The van der Waals surface area contributed by atoms with E-state index < -0.39 is 0 Å². The summed E-state index contributed by atoms with van der Waals surface area (Å²) in [6.07, 6.45) is 0. The van der Waals surface area contributed by atoms with Gasteiger partial charge >= 0.3 is 0 Å². The predicted octanol–water partition coefficient (Wildman–Crippen LogP) is 14.0. The van der Waals surface area contributed by atoms with E-state index in [1.165, 1.54) is 60.0 Å². The van der Waals surface area contributed by atoms with Gasteiger partial charge in [-0.15, -0.1) is 0 Å². The van der Waals surface area contributed by atoms with Crippen molar-refractivity contribution in [2.45, 2.75) is 0 Å². The number of hydrogen-bond acceptors (Lipinski definition) is 2. The molecule has 0 spiro atoms. The molecule has 4 heterocycles. The minimum Gasteiger partial charge on any atom is -0.308 e. The van der Waals surface area contributed by atoms with Gasteiger partial charge in [-0.05, 0) is 69.4 Å².